The maximum Gasteiger partial charge on any atom is 0.311 e. The SMILES string of the molecule is COc1ccc(-c2csc(NC(=O)COC(=O)C(C)(C)C)n2)cc1. The highest BCUT2D eigenvalue weighted by molar-refractivity contribution is 7.14. The third kappa shape index (κ3) is 4.79. The number of aromatic nitrogens is 1. The van der Waals surface area contributed by atoms with E-state index in [1.807, 2.05) is 29.6 Å². The van der Waals surface area contributed by atoms with Gasteiger partial charge in [-0.05, 0) is 45.0 Å². The Morgan fingerprint density at radius 2 is 1.88 bits per heavy atom. The second kappa shape index (κ2) is 7.44. The predicted molar refractivity (Wildman–Crippen MR) is 93.1 cm³/mol. The lowest BCUT2D eigenvalue weighted by Crippen LogP contribution is -2.27. The highest BCUT2D eigenvalue weighted by Gasteiger charge is 2.23. The van der Waals surface area contributed by atoms with Gasteiger partial charge in [-0.15, -0.1) is 11.3 Å². The summed E-state index contributed by atoms with van der Waals surface area (Å²) in [4.78, 5) is 27.8. The highest BCUT2D eigenvalue weighted by atomic mass is 32.1. The number of amides is 1. The summed E-state index contributed by atoms with van der Waals surface area (Å²) in [6.07, 6.45) is 0. The second-order valence-corrected chi connectivity index (χ2v) is 7.00. The molecule has 0 radical (unpaired) electrons. The van der Waals surface area contributed by atoms with Crippen LogP contribution >= 0.6 is 11.3 Å². The van der Waals surface area contributed by atoms with Gasteiger partial charge in [0.25, 0.3) is 5.91 Å². The molecule has 0 bridgehead atoms. The van der Waals surface area contributed by atoms with Crippen LogP contribution in [0.5, 0.6) is 5.75 Å². The maximum absolute atomic E-state index is 11.8. The van der Waals surface area contributed by atoms with Crippen LogP contribution in [-0.4, -0.2) is 30.6 Å². The number of hydrogen-bond donors (Lipinski definition) is 1. The van der Waals surface area contributed by atoms with Crippen molar-refractivity contribution in [2.45, 2.75) is 20.8 Å². The van der Waals surface area contributed by atoms with Crippen LogP contribution in [-0.2, 0) is 14.3 Å². The number of rotatable bonds is 5. The summed E-state index contributed by atoms with van der Waals surface area (Å²) in [7, 11) is 1.61. The van der Waals surface area contributed by atoms with Crippen LogP contribution in [0.3, 0.4) is 0 Å². The third-order valence-electron chi connectivity index (χ3n) is 3.08. The summed E-state index contributed by atoms with van der Waals surface area (Å²) in [5, 5.41) is 4.93. The van der Waals surface area contributed by atoms with Crippen molar-refractivity contribution in [2.24, 2.45) is 5.41 Å². The molecule has 0 unspecified atom stereocenters. The molecule has 1 aromatic carbocycles. The zero-order valence-electron chi connectivity index (χ0n) is 14.1. The number of ether oxygens (including phenoxy) is 2. The summed E-state index contributed by atoms with van der Waals surface area (Å²) in [6.45, 7) is 4.87. The Kier molecular flexibility index (Phi) is 5.56. The van der Waals surface area contributed by atoms with Gasteiger partial charge in [0, 0.05) is 10.9 Å². The predicted octanol–water partition coefficient (Wildman–Crippen LogP) is 3.35. The number of nitrogens with one attached hydrogen (secondary N) is 1. The topological polar surface area (TPSA) is 77.5 Å². The Morgan fingerprint density at radius 1 is 1.21 bits per heavy atom. The van der Waals surface area contributed by atoms with Crippen molar-refractivity contribution in [1.82, 2.24) is 4.98 Å². The van der Waals surface area contributed by atoms with Crippen LogP contribution in [0.1, 0.15) is 20.8 Å². The van der Waals surface area contributed by atoms with Crippen LogP contribution in [0.2, 0.25) is 0 Å². The van der Waals surface area contributed by atoms with E-state index in [2.05, 4.69) is 10.3 Å². The molecular weight excluding hydrogens is 328 g/mol. The number of methoxy groups -OCH3 is 1. The number of carbonyl (C=O) groups is 2. The molecule has 24 heavy (non-hydrogen) atoms. The Bertz CT molecular complexity index is 717. The van der Waals surface area contributed by atoms with Crippen LogP contribution in [0.25, 0.3) is 11.3 Å². The first kappa shape index (κ1) is 17.9. The normalized spacial score (nSPS) is 11.0. The van der Waals surface area contributed by atoms with E-state index in [0.717, 1.165) is 17.0 Å². The van der Waals surface area contributed by atoms with Crippen molar-refractivity contribution < 1.29 is 19.1 Å². The molecule has 0 aliphatic rings. The quantitative estimate of drug-likeness (QED) is 0.839. The lowest BCUT2D eigenvalue weighted by molar-refractivity contribution is -0.155. The van der Waals surface area contributed by atoms with Gasteiger partial charge in [-0.1, -0.05) is 0 Å². The lowest BCUT2D eigenvalue weighted by Gasteiger charge is -2.15. The molecule has 128 valence electrons. The second-order valence-electron chi connectivity index (χ2n) is 6.14. The average molecular weight is 348 g/mol. The van der Waals surface area contributed by atoms with E-state index in [1.165, 1.54) is 11.3 Å². The molecule has 0 spiro atoms. The first-order valence-corrected chi connectivity index (χ1v) is 8.24. The molecule has 2 aromatic rings. The van der Waals surface area contributed by atoms with Crippen LogP contribution < -0.4 is 10.1 Å². The van der Waals surface area contributed by atoms with Crippen LogP contribution in [0, 0.1) is 5.41 Å². The zero-order chi connectivity index (χ0) is 17.7. The Hall–Kier alpha value is -2.41. The molecular formula is C17H20N2O4S. The fourth-order valence-electron chi connectivity index (χ4n) is 1.73. The van der Waals surface area contributed by atoms with Gasteiger partial charge in [-0.3, -0.25) is 14.9 Å². The number of thiazole rings is 1. The molecule has 0 saturated heterocycles. The molecule has 0 saturated carbocycles. The lowest BCUT2D eigenvalue weighted by atomic mass is 9.97. The van der Waals surface area contributed by atoms with Gasteiger partial charge < -0.3 is 9.47 Å². The van der Waals surface area contributed by atoms with Crippen LogP contribution in [0.4, 0.5) is 5.13 Å². The molecule has 0 atom stereocenters. The minimum Gasteiger partial charge on any atom is -0.497 e. The van der Waals surface area contributed by atoms with Gasteiger partial charge in [0.15, 0.2) is 11.7 Å². The summed E-state index contributed by atoms with van der Waals surface area (Å²) in [5.74, 6) is -0.0675. The molecule has 2 rings (SSSR count). The molecule has 0 aliphatic heterocycles. The van der Waals surface area contributed by atoms with Gasteiger partial charge >= 0.3 is 5.97 Å². The van der Waals surface area contributed by atoms with Crippen molar-refractivity contribution >= 4 is 28.3 Å². The third-order valence-corrected chi connectivity index (χ3v) is 3.84. The summed E-state index contributed by atoms with van der Waals surface area (Å²) >= 11 is 1.31. The molecule has 0 fully saturated rings. The van der Waals surface area contributed by atoms with Crippen molar-refractivity contribution in [3.05, 3.63) is 29.6 Å². The smallest absolute Gasteiger partial charge is 0.311 e. The average Bonchev–Trinajstić information content (AvgIpc) is 3.00. The molecule has 0 aliphatic carbocycles. The number of anilines is 1. The Morgan fingerprint density at radius 3 is 2.46 bits per heavy atom. The summed E-state index contributed by atoms with van der Waals surface area (Å²) in [5.41, 5.74) is 1.04. The number of carbonyl (C=O) groups excluding carboxylic acids is 2. The zero-order valence-corrected chi connectivity index (χ0v) is 14.9. The number of hydrogen-bond acceptors (Lipinski definition) is 6. The van der Waals surface area contributed by atoms with Crippen LogP contribution in [0.15, 0.2) is 29.6 Å². The van der Waals surface area contributed by atoms with E-state index >= 15 is 0 Å². The van der Waals surface area contributed by atoms with Crippen molar-refractivity contribution in [3.63, 3.8) is 0 Å². The molecule has 6 nitrogen and oxygen atoms in total. The summed E-state index contributed by atoms with van der Waals surface area (Å²) < 4.78 is 10.1. The number of benzene rings is 1. The fourth-order valence-corrected chi connectivity index (χ4v) is 2.46. The van der Waals surface area contributed by atoms with E-state index in [4.69, 9.17) is 9.47 Å². The molecule has 7 heteroatoms. The van der Waals surface area contributed by atoms with Gasteiger partial charge in [-0.2, -0.15) is 0 Å². The Labute approximate surface area is 144 Å². The first-order chi connectivity index (χ1) is 11.3. The number of nitrogens with zero attached hydrogens (tertiary/aromatic N) is 1. The van der Waals surface area contributed by atoms with Gasteiger partial charge in [0.05, 0.1) is 18.2 Å². The molecule has 1 N–H and O–H groups in total. The van der Waals surface area contributed by atoms with E-state index in [0.29, 0.717) is 5.13 Å². The maximum atomic E-state index is 11.8. The first-order valence-electron chi connectivity index (χ1n) is 7.36. The van der Waals surface area contributed by atoms with E-state index < -0.39 is 17.3 Å². The number of esters is 1. The van der Waals surface area contributed by atoms with E-state index in [9.17, 15) is 9.59 Å². The van der Waals surface area contributed by atoms with Crippen molar-refractivity contribution in [1.29, 1.82) is 0 Å². The van der Waals surface area contributed by atoms with E-state index in [-0.39, 0.29) is 6.61 Å². The molecule has 1 amide bonds. The highest BCUT2D eigenvalue weighted by Crippen LogP contribution is 2.26. The van der Waals surface area contributed by atoms with Crippen molar-refractivity contribution in [2.75, 3.05) is 19.0 Å². The van der Waals surface area contributed by atoms with Gasteiger partial charge in [-0.25, -0.2) is 4.98 Å². The monoisotopic (exact) mass is 348 g/mol. The van der Waals surface area contributed by atoms with Crippen molar-refractivity contribution in [3.8, 4) is 17.0 Å². The van der Waals surface area contributed by atoms with Gasteiger partial charge in [0.1, 0.15) is 5.75 Å². The fraction of sp³-hybridized carbons (Fsp3) is 0.353. The van der Waals surface area contributed by atoms with E-state index in [1.54, 1.807) is 27.9 Å². The minimum atomic E-state index is -0.636. The Balaban J connectivity index is 1.93. The molecule has 1 aromatic heterocycles. The largest absolute Gasteiger partial charge is 0.497 e. The molecule has 1 heterocycles. The standard InChI is InChI=1S/C17H20N2O4S/c1-17(2,3)15(21)23-9-14(20)19-16-18-13(10-24-16)11-5-7-12(22-4)8-6-11/h5-8,10H,9H2,1-4H3,(H,18,19,20). The van der Waals surface area contributed by atoms with Gasteiger partial charge in [0.2, 0.25) is 0 Å². The summed E-state index contributed by atoms with van der Waals surface area (Å²) in [6, 6.07) is 7.48. The minimum absolute atomic E-state index is 0.326.